The number of hydrogen-bond donors (Lipinski definition) is 0. The van der Waals surface area contributed by atoms with Crippen LogP contribution >= 0.6 is 11.6 Å². The van der Waals surface area contributed by atoms with Gasteiger partial charge in [-0.25, -0.2) is 4.52 Å². The normalized spacial score (nSPS) is 11.4. The third-order valence-electron chi connectivity index (χ3n) is 4.95. The third-order valence-corrected chi connectivity index (χ3v) is 5.21. The average Bonchev–Trinajstić information content (AvgIpc) is 3.14. The van der Waals surface area contributed by atoms with Gasteiger partial charge in [0, 0.05) is 16.9 Å². The SMILES string of the molecule is CCc1nn2c(nnc3c(=O)n(-c4ccc(Cl)cc4)ccc32)c1-c1ccccc1. The molecule has 0 fully saturated rings. The van der Waals surface area contributed by atoms with Gasteiger partial charge in [0.05, 0.1) is 11.3 Å². The van der Waals surface area contributed by atoms with E-state index in [-0.39, 0.29) is 11.1 Å². The van der Waals surface area contributed by atoms with Crippen LogP contribution in [0.4, 0.5) is 0 Å². The predicted molar refractivity (Wildman–Crippen MR) is 114 cm³/mol. The zero-order valence-corrected chi connectivity index (χ0v) is 16.3. The standard InChI is InChI=1S/C22H16ClN5O/c1-2-17-19(14-6-4-3-5-7-14)21-25-24-20-18(28(21)26-17)12-13-27(22(20)29)16-10-8-15(23)9-11-16/h3-13H,2H2,1H3. The summed E-state index contributed by atoms with van der Waals surface area (Å²) in [6.07, 6.45) is 2.47. The highest BCUT2D eigenvalue weighted by molar-refractivity contribution is 6.30. The maximum atomic E-state index is 13.1. The van der Waals surface area contributed by atoms with Crippen molar-refractivity contribution < 1.29 is 0 Å². The van der Waals surface area contributed by atoms with Gasteiger partial charge < -0.3 is 0 Å². The van der Waals surface area contributed by atoms with Crippen molar-refractivity contribution in [1.29, 1.82) is 0 Å². The highest BCUT2D eigenvalue weighted by Crippen LogP contribution is 2.28. The van der Waals surface area contributed by atoms with Gasteiger partial charge in [-0.2, -0.15) is 5.10 Å². The van der Waals surface area contributed by atoms with Gasteiger partial charge in [0.15, 0.2) is 11.2 Å². The average molecular weight is 402 g/mol. The van der Waals surface area contributed by atoms with Crippen molar-refractivity contribution in [2.75, 3.05) is 0 Å². The first-order valence-electron chi connectivity index (χ1n) is 9.28. The van der Waals surface area contributed by atoms with E-state index in [1.165, 1.54) is 4.57 Å². The highest BCUT2D eigenvalue weighted by Gasteiger charge is 2.18. The Morgan fingerprint density at radius 2 is 1.72 bits per heavy atom. The molecule has 2 aromatic carbocycles. The summed E-state index contributed by atoms with van der Waals surface area (Å²) >= 11 is 5.96. The van der Waals surface area contributed by atoms with Crippen LogP contribution in [0.15, 0.2) is 71.7 Å². The zero-order chi connectivity index (χ0) is 20.0. The second kappa shape index (κ2) is 6.83. The first-order valence-corrected chi connectivity index (χ1v) is 9.66. The Labute approximate surface area is 171 Å². The summed E-state index contributed by atoms with van der Waals surface area (Å²) in [5.74, 6) is 0. The molecule has 7 heteroatoms. The lowest BCUT2D eigenvalue weighted by atomic mass is 10.0. The predicted octanol–water partition coefficient (Wildman–Crippen LogP) is 4.31. The lowest BCUT2D eigenvalue weighted by molar-refractivity contribution is 0.886. The van der Waals surface area contributed by atoms with Crippen LogP contribution in [0, 0.1) is 0 Å². The molecule has 0 saturated carbocycles. The van der Waals surface area contributed by atoms with Crippen molar-refractivity contribution >= 4 is 28.3 Å². The molecule has 0 aliphatic heterocycles. The molecule has 0 N–H and O–H groups in total. The molecule has 5 rings (SSSR count). The summed E-state index contributed by atoms with van der Waals surface area (Å²) in [4.78, 5) is 13.1. The Bertz CT molecular complexity index is 1410. The number of benzene rings is 2. The minimum absolute atomic E-state index is 0.256. The Morgan fingerprint density at radius 3 is 2.45 bits per heavy atom. The van der Waals surface area contributed by atoms with Crippen molar-refractivity contribution in [3.8, 4) is 16.8 Å². The second-order valence-corrected chi connectivity index (χ2v) is 7.11. The number of fused-ring (bicyclic) bond motifs is 3. The van der Waals surface area contributed by atoms with Crippen LogP contribution in [0.25, 0.3) is 33.5 Å². The molecule has 0 atom stereocenters. The van der Waals surface area contributed by atoms with Crippen molar-refractivity contribution in [3.63, 3.8) is 0 Å². The van der Waals surface area contributed by atoms with E-state index in [2.05, 4.69) is 17.1 Å². The summed E-state index contributed by atoms with van der Waals surface area (Å²) in [7, 11) is 0. The van der Waals surface area contributed by atoms with E-state index < -0.39 is 0 Å². The molecule has 3 aromatic heterocycles. The molecule has 0 bridgehead atoms. The van der Waals surface area contributed by atoms with Gasteiger partial charge >= 0.3 is 0 Å². The van der Waals surface area contributed by atoms with Crippen LogP contribution < -0.4 is 5.56 Å². The molecule has 0 spiro atoms. The zero-order valence-electron chi connectivity index (χ0n) is 15.6. The number of hydrogen-bond acceptors (Lipinski definition) is 4. The monoisotopic (exact) mass is 401 g/mol. The minimum atomic E-state index is -0.256. The van der Waals surface area contributed by atoms with Gasteiger partial charge in [0.1, 0.15) is 5.52 Å². The minimum Gasteiger partial charge on any atom is -0.282 e. The number of aromatic nitrogens is 5. The van der Waals surface area contributed by atoms with E-state index >= 15 is 0 Å². The highest BCUT2D eigenvalue weighted by atomic mass is 35.5. The van der Waals surface area contributed by atoms with Crippen LogP contribution in [0.2, 0.25) is 5.02 Å². The molecule has 142 valence electrons. The van der Waals surface area contributed by atoms with E-state index in [4.69, 9.17) is 16.7 Å². The topological polar surface area (TPSA) is 65.1 Å². The molecule has 0 unspecified atom stereocenters. The van der Waals surface area contributed by atoms with Gasteiger partial charge in [-0.3, -0.25) is 9.36 Å². The Morgan fingerprint density at radius 1 is 0.966 bits per heavy atom. The smallest absolute Gasteiger partial charge is 0.282 e. The van der Waals surface area contributed by atoms with Crippen LogP contribution in [0.3, 0.4) is 0 Å². The molecule has 5 aromatic rings. The van der Waals surface area contributed by atoms with Crippen molar-refractivity contribution in [3.05, 3.63) is 87.9 Å². The molecule has 29 heavy (non-hydrogen) atoms. The molecule has 3 heterocycles. The van der Waals surface area contributed by atoms with Gasteiger partial charge in [-0.1, -0.05) is 48.9 Å². The van der Waals surface area contributed by atoms with E-state index in [0.29, 0.717) is 21.9 Å². The van der Waals surface area contributed by atoms with Crippen LogP contribution in [-0.4, -0.2) is 24.4 Å². The molecule has 0 aliphatic carbocycles. The van der Waals surface area contributed by atoms with E-state index in [0.717, 1.165) is 23.2 Å². The number of nitrogens with zero attached hydrogens (tertiary/aromatic N) is 5. The first-order chi connectivity index (χ1) is 14.2. The molecule has 0 saturated heterocycles. The van der Waals surface area contributed by atoms with Gasteiger partial charge in [-0.05, 0) is 42.3 Å². The Hall–Kier alpha value is -3.51. The van der Waals surface area contributed by atoms with Crippen LogP contribution in [-0.2, 0) is 6.42 Å². The Kier molecular flexibility index (Phi) is 4.14. The molecular formula is C22H16ClN5O. The summed E-state index contributed by atoms with van der Waals surface area (Å²) in [5.41, 5.74) is 4.88. The Balaban J connectivity index is 1.78. The van der Waals surface area contributed by atoms with Crippen LogP contribution in [0.5, 0.6) is 0 Å². The summed E-state index contributed by atoms with van der Waals surface area (Å²) < 4.78 is 3.25. The molecule has 0 radical (unpaired) electrons. The fourth-order valence-electron chi connectivity index (χ4n) is 3.54. The van der Waals surface area contributed by atoms with Crippen molar-refractivity contribution in [2.24, 2.45) is 0 Å². The van der Waals surface area contributed by atoms with Crippen molar-refractivity contribution in [1.82, 2.24) is 24.4 Å². The lowest BCUT2D eigenvalue weighted by Crippen LogP contribution is -2.20. The largest absolute Gasteiger partial charge is 0.285 e. The maximum Gasteiger partial charge on any atom is 0.285 e. The summed E-state index contributed by atoms with van der Waals surface area (Å²) in [6, 6.07) is 18.9. The fourth-order valence-corrected chi connectivity index (χ4v) is 3.67. The van der Waals surface area contributed by atoms with E-state index in [9.17, 15) is 4.79 Å². The summed E-state index contributed by atoms with van der Waals surface area (Å²) in [5, 5.41) is 14.0. The van der Waals surface area contributed by atoms with Gasteiger partial charge in [0.2, 0.25) is 0 Å². The van der Waals surface area contributed by atoms with Crippen LogP contribution in [0.1, 0.15) is 12.6 Å². The summed E-state index contributed by atoms with van der Waals surface area (Å²) in [6.45, 7) is 2.05. The molecule has 0 aliphatic rings. The fraction of sp³-hybridized carbons (Fsp3) is 0.0909. The number of rotatable bonds is 3. The molecule has 6 nitrogen and oxygen atoms in total. The maximum absolute atomic E-state index is 13.1. The van der Waals surface area contributed by atoms with Gasteiger partial charge in [-0.15, -0.1) is 10.2 Å². The van der Waals surface area contributed by atoms with E-state index in [1.807, 2.05) is 36.4 Å². The molecule has 0 amide bonds. The quantitative estimate of drug-likeness (QED) is 0.452. The van der Waals surface area contributed by atoms with Gasteiger partial charge in [0.25, 0.3) is 5.56 Å². The number of pyridine rings is 1. The first kappa shape index (κ1) is 17.6. The third kappa shape index (κ3) is 2.80. The second-order valence-electron chi connectivity index (χ2n) is 6.68. The van der Waals surface area contributed by atoms with E-state index in [1.54, 1.807) is 35.0 Å². The lowest BCUT2D eigenvalue weighted by Gasteiger charge is -2.07. The number of aryl methyl sites for hydroxylation is 1. The number of halogens is 1. The molecular weight excluding hydrogens is 386 g/mol. The van der Waals surface area contributed by atoms with Crippen molar-refractivity contribution in [2.45, 2.75) is 13.3 Å².